The molecule has 0 aliphatic rings. The van der Waals surface area contributed by atoms with Gasteiger partial charge in [0.05, 0.1) is 10.6 Å². The summed E-state index contributed by atoms with van der Waals surface area (Å²) in [5, 5.41) is 0. The third-order valence-electron chi connectivity index (χ3n) is 5.26. The van der Waals surface area contributed by atoms with Gasteiger partial charge >= 0.3 is 0 Å². The molecule has 0 aliphatic carbocycles. The molecule has 0 heterocycles. The third-order valence-corrected chi connectivity index (χ3v) is 6.37. The Morgan fingerprint density at radius 1 is 1.00 bits per heavy atom. The molecule has 0 aliphatic heterocycles. The van der Waals surface area contributed by atoms with Gasteiger partial charge in [-0.1, -0.05) is 67.0 Å². The molecule has 0 fully saturated rings. The Hall–Kier alpha value is -1.07. The molecule has 0 amide bonds. The molecule has 0 saturated carbocycles. The zero-order valence-corrected chi connectivity index (χ0v) is 17.7. The number of hydrogen-bond acceptors (Lipinski definition) is 3. The van der Waals surface area contributed by atoms with Gasteiger partial charge in [0.2, 0.25) is 0 Å². The highest BCUT2D eigenvalue weighted by Crippen LogP contribution is 2.38. The molecular weight excluding hydrogens is 334 g/mol. The van der Waals surface area contributed by atoms with Gasteiger partial charge in [0.15, 0.2) is 5.75 Å². The van der Waals surface area contributed by atoms with Crippen molar-refractivity contribution in [3.05, 3.63) is 29.3 Å². The highest BCUT2D eigenvalue weighted by molar-refractivity contribution is 7.89. The number of benzene rings is 1. The Morgan fingerprint density at radius 3 is 2.12 bits per heavy atom. The first-order valence-corrected chi connectivity index (χ1v) is 10.9. The monoisotopic (exact) mass is 368 g/mol. The molecule has 143 valence electrons. The third kappa shape index (κ3) is 6.00. The van der Waals surface area contributed by atoms with Gasteiger partial charge in [-0.2, -0.15) is 0 Å². The minimum absolute atomic E-state index is 0.0248. The molecule has 0 bridgehead atoms. The molecule has 1 aromatic carbocycles. The van der Waals surface area contributed by atoms with Crippen LogP contribution in [0.2, 0.25) is 0 Å². The van der Waals surface area contributed by atoms with Gasteiger partial charge in [0.1, 0.15) is 0 Å². The van der Waals surface area contributed by atoms with E-state index in [1.165, 1.54) is 5.56 Å². The predicted molar refractivity (Wildman–Crippen MR) is 105 cm³/mol. The molecule has 0 unspecified atom stereocenters. The number of sulfonamides is 1. The average Bonchev–Trinajstić information content (AvgIpc) is 2.58. The first-order chi connectivity index (χ1) is 11.5. The zero-order chi connectivity index (χ0) is 19.3. The van der Waals surface area contributed by atoms with Crippen LogP contribution in [0.4, 0.5) is 0 Å². The summed E-state index contributed by atoms with van der Waals surface area (Å²) in [6, 6.07) is 6.02. The predicted octanol–water partition coefficient (Wildman–Crippen LogP) is 5.09. The molecule has 0 N–H and O–H groups in total. The van der Waals surface area contributed by atoms with Crippen LogP contribution in [-0.4, -0.2) is 14.2 Å². The first kappa shape index (κ1) is 22.0. The molecule has 0 aromatic heterocycles. The Labute approximate surface area is 154 Å². The van der Waals surface area contributed by atoms with Crippen LogP contribution in [0.5, 0.6) is 5.75 Å². The van der Waals surface area contributed by atoms with Gasteiger partial charge in [-0.25, -0.2) is 8.42 Å². The van der Waals surface area contributed by atoms with Gasteiger partial charge in [0, 0.05) is 5.56 Å². The Morgan fingerprint density at radius 2 is 1.60 bits per heavy atom. The summed E-state index contributed by atoms with van der Waals surface area (Å²) in [5.41, 5.74) is 2.16. The SMILES string of the molecule is CCCCS(=O)(=O)[N]Oc1ccc(C(C)(C)CC)cc1C(C)(C)CC. The molecule has 0 spiro atoms. The van der Waals surface area contributed by atoms with E-state index in [9.17, 15) is 8.42 Å². The van der Waals surface area contributed by atoms with Crippen molar-refractivity contribution in [3.63, 3.8) is 0 Å². The summed E-state index contributed by atoms with van der Waals surface area (Å²) in [6.07, 6.45) is 3.34. The molecular formula is C20H34NO3S. The molecule has 1 rings (SSSR count). The van der Waals surface area contributed by atoms with Crippen molar-refractivity contribution in [2.45, 2.75) is 85.0 Å². The fraction of sp³-hybridized carbons (Fsp3) is 0.700. The van der Waals surface area contributed by atoms with Crippen molar-refractivity contribution in [1.82, 2.24) is 4.89 Å². The van der Waals surface area contributed by atoms with E-state index in [0.717, 1.165) is 24.8 Å². The maximum Gasteiger partial charge on any atom is 0.263 e. The number of nitrogens with zero attached hydrogens (tertiary/aromatic N) is 1. The number of rotatable bonds is 10. The van der Waals surface area contributed by atoms with Crippen molar-refractivity contribution in [1.29, 1.82) is 0 Å². The fourth-order valence-electron chi connectivity index (χ4n) is 2.41. The quantitative estimate of drug-likeness (QED) is 0.540. The smallest absolute Gasteiger partial charge is 0.263 e. The second kappa shape index (κ2) is 8.54. The van der Waals surface area contributed by atoms with Crippen LogP contribution in [0.15, 0.2) is 18.2 Å². The molecule has 4 nitrogen and oxygen atoms in total. The van der Waals surface area contributed by atoms with Crippen LogP contribution < -0.4 is 9.72 Å². The lowest BCUT2D eigenvalue weighted by molar-refractivity contribution is 0.251. The second-order valence-corrected chi connectivity index (χ2v) is 9.71. The van der Waals surface area contributed by atoms with Crippen molar-refractivity contribution in [2.24, 2.45) is 0 Å². The average molecular weight is 369 g/mol. The standard InChI is InChI=1S/C20H34NO3S/c1-8-11-14-25(22,23)21-24-18-13-12-16(19(4,5)9-2)15-17(18)20(6,7)10-3/h12-13,15H,8-11,14H2,1-7H3. The highest BCUT2D eigenvalue weighted by atomic mass is 32.2. The van der Waals surface area contributed by atoms with Gasteiger partial charge in [-0.15, -0.1) is 0 Å². The summed E-state index contributed by atoms with van der Waals surface area (Å²) in [7, 11) is -3.55. The van der Waals surface area contributed by atoms with E-state index in [1.54, 1.807) is 0 Å². The maximum absolute atomic E-state index is 12.0. The summed E-state index contributed by atoms with van der Waals surface area (Å²) >= 11 is 0. The summed E-state index contributed by atoms with van der Waals surface area (Å²) in [5.74, 6) is 0.555. The Balaban J connectivity index is 3.18. The van der Waals surface area contributed by atoms with Crippen LogP contribution in [0.25, 0.3) is 0 Å². The van der Waals surface area contributed by atoms with Crippen molar-refractivity contribution in [3.8, 4) is 5.75 Å². The van der Waals surface area contributed by atoms with Crippen molar-refractivity contribution >= 4 is 10.0 Å². The molecule has 5 heteroatoms. The summed E-state index contributed by atoms with van der Waals surface area (Å²) in [6.45, 7) is 15.0. The molecule has 1 aromatic rings. The molecule has 1 radical (unpaired) electrons. The highest BCUT2D eigenvalue weighted by Gasteiger charge is 2.27. The van der Waals surface area contributed by atoms with E-state index in [4.69, 9.17) is 4.84 Å². The number of unbranched alkanes of at least 4 members (excludes halogenated alkanes) is 1. The normalized spacial score (nSPS) is 13.1. The van der Waals surface area contributed by atoms with Crippen LogP contribution in [0, 0.1) is 0 Å². The van der Waals surface area contributed by atoms with Gasteiger partial charge in [-0.05, 0) is 41.7 Å². The molecule has 0 atom stereocenters. The minimum atomic E-state index is -3.55. The molecule has 0 saturated heterocycles. The zero-order valence-electron chi connectivity index (χ0n) is 16.8. The van der Waals surface area contributed by atoms with Crippen LogP contribution in [0.1, 0.15) is 85.3 Å². The largest absolute Gasteiger partial charge is 0.372 e. The first-order valence-electron chi connectivity index (χ1n) is 9.26. The number of hydrogen-bond donors (Lipinski definition) is 0. The van der Waals surface area contributed by atoms with E-state index in [2.05, 4.69) is 52.5 Å². The minimum Gasteiger partial charge on any atom is -0.372 e. The van der Waals surface area contributed by atoms with E-state index in [1.807, 2.05) is 19.1 Å². The topological polar surface area (TPSA) is 57.5 Å². The van der Waals surface area contributed by atoms with Crippen LogP contribution in [0.3, 0.4) is 0 Å². The van der Waals surface area contributed by atoms with Crippen LogP contribution >= 0.6 is 0 Å². The lowest BCUT2D eigenvalue weighted by Gasteiger charge is -2.30. The summed E-state index contributed by atoms with van der Waals surface area (Å²) in [4.78, 5) is 8.98. The fourth-order valence-corrected chi connectivity index (χ4v) is 3.34. The summed E-state index contributed by atoms with van der Waals surface area (Å²) < 4.78 is 23.9. The van der Waals surface area contributed by atoms with Gasteiger partial charge in [0.25, 0.3) is 10.0 Å². The second-order valence-electron chi connectivity index (χ2n) is 7.99. The maximum atomic E-state index is 12.0. The van der Waals surface area contributed by atoms with E-state index in [0.29, 0.717) is 12.2 Å². The lowest BCUT2D eigenvalue weighted by atomic mass is 9.76. The lowest BCUT2D eigenvalue weighted by Crippen LogP contribution is -2.26. The van der Waals surface area contributed by atoms with Gasteiger partial charge < -0.3 is 4.84 Å². The Bertz CT molecular complexity index is 664. The van der Waals surface area contributed by atoms with E-state index in [-0.39, 0.29) is 16.6 Å². The van der Waals surface area contributed by atoms with Crippen LogP contribution in [-0.2, 0) is 20.9 Å². The van der Waals surface area contributed by atoms with E-state index < -0.39 is 10.0 Å². The molecule has 25 heavy (non-hydrogen) atoms. The van der Waals surface area contributed by atoms with Gasteiger partial charge in [-0.3, -0.25) is 0 Å². The van der Waals surface area contributed by atoms with Crippen molar-refractivity contribution < 1.29 is 13.3 Å². The van der Waals surface area contributed by atoms with E-state index >= 15 is 0 Å². The van der Waals surface area contributed by atoms with Crippen molar-refractivity contribution in [2.75, 3.05) is 5.75 Å². The Kier molecular flexibility index (Phi) is 7.51.